The summed E-state index contributed by atoms with van der Waals surface area (Å²) in [6, 6.07) is 4.78. The molecule has 0 saturated carbocycles. The lowest BCUT2D eigenvalue weighted by Crippen LogP contribution is -2.77. The van der Waals surface area contributed by atoms with Gasteiger partial charge in [-0.25, -0.2) is 17.2 Å². The number of hydrogen-bond donors (Lipinski definition) is 0. The van der Waals surface area contributed by atoms with E-state index in [1.165, 1.54) is 38.4 Å². The van der Waals surface area contributed by atoms with Gasteiger partial charge in [-0.1, -0.05) is 29.3 Å². The normalized spacial score (nSPS) is 24.7. The maximum Gasteiger partial charge on any atom is 0.246 e. The largest absolute Gasteiger partial charge is 0.335 e. The number of piperazine rings is 1. The highest BCUT2D eigenvalue weighted by atomic mass is 35.5. The third kappa shape index (κ3) is 5.04. The highest BCUT2D eigenvalue weighted by Crippen LogP contribution is 2.36. The number of carbonyl (C=O) groups excluding carboxylic acids is 2. The van der Waals surface area contributed by atoms with Crippen LogP contribution in [0.2, 0.25) is 10.0 Å². The number of nitrogens with zero attached hydrogens (tertiary/aromatic N) is 4. The van der Waals surface area contributed by atoms with E-state index in [1.54, 1.807) is 13.8 Å². The summed E-state index contributed by atoms with van der Waals surface area (Å²) in [6.07, 6.45) is -0.438. The summed E-state index contributed by atoms with van der Waals surface area (Å²) < 4.78 is 57.8. The summed E-state index contributed by atoms with van der Waals surface area (Å²) in [6.45, 7) is 4.58. The molecule has 0 radical (unpaired) electrons. The zero-order valence-electron chi connectivity index (χ0n) is 21.4. The first kappa shape index (κ1) is 28.2. The summed E-state index contributed by atoms with van der Waals surface area (Å²) in [7, 11) is -4.27. The summed E-state index contributed by atoms with van der Waals surface area (Å²) in [5.74, 6) is -2.43. The van der Waals surface area contributed by atoms with E-state index in [-0.39, 0.29) is 46.1 Å². The molecule has 3 aliphatic rings. The minimum Gasteiger partial charge on any atom is -0.335 e. The molecule has 3 fully saturated rings. The third-order valence-electron chi connectivity index (χ3n) is 7.67. The topological polar surface area (TPSA) is 81.2 Å². The molecule has 3 heterocycles. The Hall–Kier alpha value is -2.31. The molecule has 3 unspecified atom stereocenters. The molecule has 0 bridgehead atoms. The standard InChI is InChI=1S/C26H28Cl2F2N4O4S/c1-15(2)32-14-24-33(39(37,38)23-7-5-17(27)11-19(23)28)13-22(31-8-3-9-31)26(36)34(24)21(25(32)35)10-16-4-6-18(29)12-20(16)30/h4-7,11-12,15,21-22,24H,3,8-10,13-14H2,1-2H3. The fourth-order valence-corrected chi connectivity index (χ4v) is 7.81. The van der Waals surface area contributed by atoms with Crippen molar-refractivity contribution in [1.82, 2.24) is 19.0 Å². The molecule has 0 spiro atoms. The van der Waals surface area contributed by atoms with Crippen LogP contribution >= 0.6 is 23.2 Å². The summed E-state index contributed by atoms with van der Waals surface area (Å²) in [5.41, 5.74) is 0.0492. The van der Waals surface area contributed by atoms with Gasteiger partial charge in [-0.2, -0.15) is 4.31 Å². The van der Waals surface area contributed by atoms with Crippen LogP contribution in [-0.4, -0.2) is 89.7 Å². The van der Waals surface area contributed by atoms with Crippen LogP contribution in [0.1, 0.15) is 25.8 Å². The number of amides is 2. The minimum absolute atomic E-state index is 0.0492. The SMILES string of the molecule is CC(C)N1CC2N(C(=O)C(N3CCC3)CN2S(=O)(=O)c2ccc(Cl)cc2Cl)C(Cc2ccc(F)cc2F)C1=O. The molecule has 3 atom stereocenters. The van der Waals surface area contributed by atoms with Crippen molar-refractivity contribution >= 4 is 45.0 Å². The van der Waals surface area contributed by atoms with Crippen molar-refractivity contribution in [2.24, 2.45) is 0 Å². The zero-order chi connectivity index (χ0) is 28.2. The highest BCUT2D eigenvalue weighted by molar-refractivity contribution is 7.89. The number of hydrogen-bond acceptors (Lipinski definition) is 5. The van der Waals surface area contributed by atoms with Crippen molar-refractivity contribution in [3.05, 3.63) is 63.6 Å². The van der Waals surface area contributed by atoms with Crippen molar-refractivity contribution in [3.63, 3.8) is 0 Å². The molecule has 2 aromatic carbocycles. The quantitative estimate of drug-likeness (QED) is 0.508. The Morgan fingerprint density at radius 3 is 2.31 bits per heavy atom. The summed E-state index contributed by atoms with van der Waals surface area (Å²) in [5, 5.41) is 0.201. The molecule has 3 saturated heterocycles. The van der Waals surface area contributed by atoms with Gasteiger partial charge in [0, 0.05) is 43.2 Å². The molecule has 0 aliphatic carbocycles. The average Bonchev–Trinajstić information content (AvgIpc) is 2.81. The first-order valence-corrected chi connectivity index (χ1v) is 14.9. The van der Waals surface area contributed by atoms with Gasteiger partial charge < -0.3 is 9.80 Å². The van der Waals surface area contributed by atoms with Crippen molar-refractivity contribution in [3.8, 4) is 0 Å². The monoisotopic (exact) mass is 600 g/mol. The van der Waals surface area contributed by atoms with Gasteiger partial charge >= 0.3 is 0 Å². The van der Waals surface area contributed by atoms with Crippen molar-refractivity contribution in [2.75, 3.05) is 26.2 Å². The number of sulfonamides is 1. The maximum absolute atomic E-state index is 14.7. The Kier molecular flexibility index (Phi) is 7.66. The molecular weight excluding hydrogens is 573 g/mol. The highest BCUT2D eigenvalue weighted by Gasteiger charge is 2.55. The number of carbonyl (C=O) groups is 2. The van der Waals surface area contributed by atoms with E-state index in [9.17, 15) is 26.8 Å². The lowest BCUT2D eigenvalue weighted by atomic mass is 9.95. The van der Waals surface area contributed by atoms with E-state index in [2.05, 4.69) is 0 Å². The second kappa shape index (κ2) is 10.6. The van der Waals surface area contributed by atoms with Crippen LogP contribution < -0.4 is 0 Å². The van der Waals surface area contributed by atoms with Gasteiger partial charge in [-0.15, -0.1) is 0 Å². The smallest absolute Gasteiger partial charge is 0.246 e. The second-order valence-corrected chi connectivity index (χ2v) is 13.0. The molecule has 2 aromatic rings. The molecule has 2 amide bonds. The van der Waals surface area contributed by atoms with Gasteiger partial charge in [0.25, 0.3) is 0 Å². The van der Waals surface area contributed by atoms with Crippen LogP contribution in [-0.2, 0) is 26.0 Å². The number of benzene rings is 2. The number of rotatable bonds is 6. The number of likely N-dealkylation sites (tertiary alicyclic amines) is 1. The second-order valence-electron chi connectivity index (χ2n) is 10.3. The first-order chi connectivity index (χ1) is 18.4. The van der Waals surface area contributed by atoms with E-state index < -0.39 is 51.7 Å². The predicted molar refractivity (Wildman–Crippen MR) is 142 cm³/mol. The Labute approximate surface area is 236 Å². The van der Waals surface area contributed by atoms with Crippen molar-refractivity contribution in [1.29, 1.82) is 0 Å². The molecular formula is C26H28Cl2F2N4O4S. The Balaban J connectivity index is 1.63. The average molecular weight is 602 g/mol. The fraction of sp³-hybridized carbons (Fsp3) is 0.462. The van der Waals surface area contributed by atoms with Gasteiger partial charge in [0.05, 0.1) is 11.6 Å². The van der Waals surface area contributed by atoms with Gasteiger partial charge in [-0.05, 0) is 50.1 Å². The van der Waals surface area contributed by atoms with Gasteiger partial charge in [0.15, 0.2) is 0 Å². The molecule has 3 aliphatic heterocycles. The maximum atomic E-state index is 14.7. The third-order valence-corrected chi connectivity index (χ3v) is 10.3. The van der Waals surface area contributed by atoms with Crippen molar-refractivity contribution < 1.29 is 26.8 Å². The van der Waals surface area contributed by atoms with Gasteiger partial charge in [0.2, 0.25) is 21.8 Å². The summed E-state index contributed by atoms with van der Waals surface area (Å²) in [4.78, 5) is 32.2. The van der Waals surface area contributed by atoms with Crippen LogP contribution in [0.4, 0.5) is 8.78 Å². The lowest BCUT2D eigenvalue weighted by Gasteiger charge is -2.56. The first-order valence-electron chi connectivity index (χ1n) is 12.7. The van der Waals surface area contributed by atoms with Crippen LogP contribution in [0, 0.1) is 11.6 Å². The minimum atomic E-state index is -4.27. The lowest BCUT2D eigenvalue weighted by molar-refractivity contribution is -0.173. The van der Waals surface area contributed by atoms with E-state index in [1.807, 2.05) is 4.90 Å². The molecule has 0 aromatic heterocycles. The van der Waals surface area contributed by atoms with E-state index in [0.717, 1.165) is 18.6 Å². The van der Waals surface area contributed by atoms with Crippen LogP contribution in [0.5, 0.6) is 0 Å². The fourth-order valence-electron chi connectivity index (χ4n) is 5.48. The van der Waals surface area contributed by atoms with E-state index in [0.29, 0.717) is 13.1 Å². The Bertz CT molecular complexity index is 1420. The molecule has 210 valence electrons. The zero-order valence-corrected chi connectivity index (χ0v) is 23.7. The Morgan fingerprint density at radius 2 is 1.72 bits per heavy atom. The Morgan fingerprint density at radius 1 is 1.00 bits per heavy atom. The number of fused-ring (bicyclic) bond motifs is 1. The van der Waals surface area contributed by atoms with E-state index >= 15 is 0 Å². The van der Waals surface area contributed by atoms with Crippen LogP contribution in [0.15, 0.2) is 41.3 Å². The molecule has 0 N–H and O–H groups in total. The van der Waals surface area contributed by atoms with E-state index in [4.69, 9.17) is 23.2 Å². The van der Waals surface area contributed by atoms with Crippen LogP contribution in [0.3, 0.4) is 0 Å². The molecule has 5 rings (SSSR count). The molecule has 13 heteroatoms. The van der Waals surface area contributed by atoms with Crippen molar-refractivity contribution in [2.45, 2.75) is 55.9 Å². The summed E-state index contributed by atoms with van der Waals surface area (Å²) >= 11 is 12.3. The van der Waals surface area contributed by atoms with Gasteiger partial charge in [-0.3, -0.25) is 14.5 Å². The predicted octanol–water partition coefficient (Wildman–Crippen LogP) is 3.37. The van der Waals surface area contributed by atoms with Crippen LogP contribution in [0.25, 0.3) is 0 Å². The molecule has 39 heavy (non-hydrogen) atoms. The number of halogens is 4. The molecule has 8 nitrogen and oxygen atoms in total. The van der Waals surface area contributed by atoms with Gasteiger partial charge in [0.1, 0.15) is 34.8 Å².